The molecule has 1 heterocycles. The summed E-state index contributed by atoms with van der Waals surface area (Å²) in [5.41, 5.74) is 4.79. The number of benzene rings is 2. The molecular weight excluding hydrogens is 336 g/mol. The summed E-state index contributed by atoms with van der Waals surface area (Å²) in [4.78, 5) is 16.8. The molecule has 0 aromatic heterocycles. The summed E-state index contributed by atoms with van der Waals surface area (Å²) in [5, 5.41) is 9.93. The molecule has 3 rings (SSSR count). The number of rotatable bonds is 2. The van der Waals surface area contributed by atoms with Crippen LogP contribution in [0.4, 0.5) is 0 Å². The molecule has 0 radical (unpaired) electrons. The van der Waals surface area contributed by atoms with Gasteiger partial charge in [-0.2, -0.15) is 5.26 Å². The second-order valence-electron chi connectivity index (χ2n) is 7.81. The highest BCUT2D eigenvalue weighted by atomic mass is 16.5. The van der Waals surface area contributed by atoms with Crippen molar-refractivity contribution in [1.82, 2.24) is 0 Å². The van der Waals surface area contributed by atoms with Gasteiger partial charge in [0.1, 0.15) is 6.07 Å². The third kappa shape index (κ3) is 3.68. The molecule has 4 nitrogen and oxygen atoms in total. The number of nitriles is 1. The molecule has 1 aliphatic heterocycles. The number of nitrogens with zero attached hydrogens (tertiary/aromatic N) is 2. The molecule has 0 saturated carbocycles. The van der Waals surface area contributed by atoms with E-state index in [4.69, 9.17) is 4.74 Å². The van der Waals surface area contributed by atoms with Gasteiger partial charge in [0.2, 0.25) is 5.90 Å². The third-order valence-electron chi connectivity index (χ3n) is 4.35. The topological polar surface area (TPSA) is 62.4 Å². The van der Waals surface area contributed by atoms with E-state index >= 15 is 0 Å². The predicted molar refractivity (Wildman–Crippen MR) is 106 cm³/mol. The number of aliphatic imine (C=N–C) groups is 1. The van der Waals surface area contributed by atoms with Crippen LogP contribution in [0.5, 0.6) is 0 Å². The molecule has 136 valence electrons. The molecule has 1 aliphatic rings. The number of ether oxygens (including phenoxy) is 1. The maximum absolute atomic E-state index is 12.1. The van der Waals surface area contributed by atoms with E-state index in [1.807, 2.05) is 58.9 Å². The average Bonchev–Trinajstić information content (AvgIpc) is 2.89. The van der Waals surface area contributed by atoms with E-state index in [1.54, 1.807) is 12.1 Å². The van der Waals surface area contributed by atoms with Crippen LogP contribution in [0.1, 0.15) is 53.4 Å². The molecule has 0 N–H and O–H groups in total. The summed E-state index contributed by atoms with van der Waals surface area (Å²) in [6.07, 6.45) is 0. The molecule has 0 atom stereocenters. The molecule has 2 aromatic rings. The van der Waals surface area contributed by atoms with Gasteiger partial charge in [0.05, 0.1) is 22.4 Å². The van der Waals surface area contributed by atoms with E-state index < -0.39 is 11.4 Å². The monoisotopic (exact) mass is 358 g/mol. The molecule has 4 heteroatoms. The lowest BCUT2D eigenvalue weighted by Crippen LogP contribution is -2.13. The number of cyclic esters (lactones) is 1. The maximum atomic E-state index is 12.1. The summed E-state index contributed by atoms with van der Waals surface area (Å²) in [5.74, 6) is -0.167. The largest absolute Gasteiger partial charge is 0.403 e. The highest BCUT2D eigenvalue weighted by Gasteiger charge is 2.30. The van der Waals surface area contributed by atoms with Crippen molar-refractivity contribution in [2.45, 2.75) is 34.6 Å². The second kappa shape index (κ2) is 6.85. The summed E-state index contributed by atoms with van der Waals surface area (Å²) in [6, 6.07) is 15.5. The van der Waals surface area contributed by atoms with Gasteiger partial charge < -0.3 is 4.74 Å². The highest BCUT2D eigenvalue weighted by molar-refractivity contribution is 6.17. The van der Waals surface area contributed by atoms with Gasteiger partial charge in [0, 0.05) is 5.41 Å². The Balaban J connectivity index is 2.25. The molecule has 0 spiro atoms. The molecule has 0 bridgehead atoms. The summed E-state index contributed by atoms with van der Waals surface area (Å²) < 4.78 is 5.40. The van der Waals surface area contributed by atoms with Crippen LogP contribution in [-0.4, -0.2) is 11.9 Å². The van der Waals surface area contributed by atoms with E-state index in [2.05, 4.69) is 17.1 Å². The zero-order valence-corrected chi connectivity index (χ0v) is 16.3. The van der Waals surface area contributed by atoms with Crippen LogP contribution in [-0.2, 0) is 4.74 Å². The van der Waals surface area contributed by atoms with Crippen molar-refractivity contribution in [3.8, 4) is 6.07 Å². The van der Waals surface area contributed by atoms with Gasteiger partial charge in [0.15, 0.2) is 0 Å². The van der Waals surface area contributed by atoms with Crippen LogP contribution >= 0.6 is 0 Å². The van der Waals surface area contributed by atoms with E-state index in [1.165, 1.54) is 0 Å². The molecule has 27 heavy (non-hydrogen) atoms. The van der Waals surface area contributed by atoms with Gasteiger partial charge in [-0.3, -0.25) is 0 Å². The number of hydrogen-bond acceptors (Lipinski definition) is 4. The Hall–Kier alpha value is -3.19. The van der Waals surface area contributed by atoms with Gasteiger partial charge in [0.25, 0.3) is 0 Å². The van der Waals surface area contributed by atoms with Crippen LogP contribution in [0.15, 0.2) is 53.2 Å². The van der Waals surface area contributed by atoms with Gasteiger partial charge in [-0.1, -0.05) is 62.2 Å². The first-order valence-corrected chi connectivity index (χ1v) is 8.84. The van der Waals surface area contributed by atoms with Crippen LogP contribution in [0, 0.1) is 30.6 Å². The Morgan fingerprint density at radius 1 is 1.04 bits per heavy atom. The predicted octanol–water partition coefficient (Wildman–Crippen LogP) is 5.20. The molecule has 0 amide bonds. The van der Waals surface area contributed by atoms with Gasteiger partial charge in [-0.05, 0) is 31.5 Å². The number of hydrogen-bond donors (Lipinski definition) is 0. The van der Waals surface area contributed by atoms with E-state index in [0.717, 1.165) is 16.7 Å². The second-order valence-corrected chi connectivity index (χ2v) is 7.81. The van der Waals surface area contributed by atoms with Crippen molar-refractivity contribution in [2.24, 2.45) is 10.4 Å². The zero-order chi connectivity index (χ0) is 19.8. The van der Waals surface area contributed by atoms with E-state index in [9.17, 15) is 10.1 Å². The quantitative estimate of drug-likeness (QED) is 0.547. The fourth-order valence-electron chi connectivity index (χ4n) is 3.20. The smallest absolute Gasteiger partial charge is 0.345 e. The first-order chi connectivity index (χ1) is 12.7. The Bertz CT molecular complexity index is 1010. The average molecular weight is 358 g/mol. The first kappa shape index (κ1) is 18.6. The van der Waals surface area contributed by atoms with Crippen molar-refractivity contribution in [3.63, 3.8) is 0 Å². The Morgan fingerprint density at radius 2 is 1.63 bits per heavy atom. The van der Waals surface area contributed by atoms with Gasteiger partial charge in [-0.25, -0.2) is 9.79 Å². The van der Waals surface area contributed by atoms with E-state index in [-0.39, 0.29) is 5.90 Å². The standard InChI is InChI=1S/C23H22N2O2/c1-14-10-15(2)12-16(11-14)19(13-24)20(23(3,4)5)25-21-17-8-6-7-9-18(17)22(26)27-21/h6-12H,1-5H3. The Kier molecular flexibility index (Phi) is 4.72. The van der Waals surface area contributed by atoms with Crippen LogP contribution in [0.2, 0.25) is 0 Å². The zero-order valence-electron chi connectivity index (χ0n) is 16.3. The van der Waals surface area contributed by atoms with Crippen LogP contribution in [0.25, 0.3) is 5.57 Å². The normalized spacial score (nSPS) is 15.9. The molecule has 0 aliphatic carbocycles. The summed E-state index contributed by atoms with van der Waals surface area (Å²) in [7, 11) is 0. The minimum Gasteiger partial charge on any atom is -0.403 e. The number of esters is 1. The number of carbonyl (C=O) groups is 1. The fraction of sp³-hybridized carbons (Fsp3) is 0.261. The number of aryl methyl sites for hydroxylation is 2. The molecular formula is C23H22N2O2. The lowest BCUT2D eigenvalue weighted by atomic mass is 9.86. The van der Waals surface area contributed by atoms with Crippen molar-refractivity contribution >= 4 is 17.4 Å². The Morgan fingerprint density at radius 3 is 2.19 bits per heavy atom. The third-order valence-corrected chi connectivity index (χ3v) is 4.35. The van der Waals surface area contributed by atoms with Crippen LogP contribution < -0.4 is 0 Å². The van der Waals surface area contributed by atoms with Crippen molar-refractivity contribution < 1.29 is 9.53 Å². The first-order valence-electron chi connectivity index (χ1n) is 8.84. The minimum atomic E-state index is -0.417. The van der Waals surface area contributed by atoms with E-state index in [0.29, 0.717) is 22.4 Å². The number of carbonyl (C=O) groups excluding carboxylic acids is 1. The number of fused-ring (bicyclic) bond motifs is 1. The lowest BCUT2D eigenvalue weighted by Gasteiger charge is -2.22. The fourth-order valence-corrected chi connectivity index (χ4v) is 3.20. The maximum Gasteiger partial charge on any atom is 0.345 e. The SMILES string of the molecule is Cc1cc(C)cc(C(C#N)=C(N=C2OC(=O)c3ccccc32)C(C)(C)C)c1. The lowest BCUT2D eigenvalue weighted by molar-refractivity contribution is 0.0737. The molecule has 2 aromatic carbocycles. The minimum absolute atomic E-state index is 0.248. The Labute approximate surface area is 159 Å². The van der Waals surface area contributed by atoms with Crippen molar-refractivity contribution in [2.75, 3.05) is 0 Å². The van der Waals surface area contributed by atoms with Crippen molar-refractivity contribution in [3.05, 3.63) is 76.0 Å². The van der Waals surface area contributed by atoms with Crippen molar-refractivity contribution in [1.29, 1.82) is 5.26 Å². The molecule has 0 fully saturated rings. The summed E-state index contributed by atoms with van der Waals surface area (Å²) >= 11 is 0. The van der Waals surface area contributed by atoms with Gasteiger partial charge >= 0.3 is 5.97 Å². The summed E-state index contributed by atoms with van der Waals surface area (Å²) in [6.45, 7) is 9.99. The van der Waals surface area contributed by atoms with Gasteiger partial charge in [-0.15, -0.1) is 0 Å². The highest BCUT2D eigenvalue weighted by Crippen LogP contribution is 2.35. The molecule has 0 unspecified atom stereocenters. The van der Waals surface area contributed by atoms with Crippen LogP contribution in [0.3, 0.4) is 0 Å². The molecule has 0 saturated heterocycles. The number of allylic oxidation sites excluding steroid dienone is 2.